The lowest BCUT2D eigenvalue weighted by atomic mass is 9.67. The molecule has 0 aromatic heterocycles. The van der Waals surface area contributed by atoms with E-state index in [-0.39, 0.29) is 5.92 Å². The number of halogens is 2. The molecule has 2 aliphatic rings. The van der Waals surface area contributed by atoms with Crippen LogP contribution in [-0.4, -0.2) is 5.11 Å². The van der Waals surface area contributed by atoms with Crippen molar-refractivity contribution < 1.29 is 13.9 Å². The molecule has 3 heteroatoms. The minimum atomic E-state index is -0.856. The van der Waals surface area contributed by atoms with Crippen LogP contribution in [0.1, 0.15) is 87.7 Å². The predicted molar refractivity (Wildman–Crippen MR) is 118 cm³/mol. The highest BCUT2D eigenvalue weighted by Gasteiger charge is 2.32. The summed E-state index contributed by atoms with van der Waals surface area (Å²) in [4.78, 5) is 0. The van der Waals surface area contributed by atoms with Crippen molar-refractivity contribution in [2.24, 2.45) is 17.8 Å². The van der Waals surface area contributed by atoms with E-state index in [0.717, 1.165) is 43.4 Å². The van der Waals surface area contributed by atoms with Crippen molar-refractivity contribution in [1.82, 2.24) is 0 Å². The Morgan fingerprint density at radius 3 is 1.93 bits per heavy atom. The molecule has 2 fully saturated rings. The average molecular weight is 413 g/mol. The van der Waals surface area contributed by atoms with Crippen LogP contribution in [-0.2, 0) is 0 Å². The zero-order valence-corrected chi connectivity index (χ0v) is 18.0. The van der Waals surface area contributed by atoms with Gasteiger partial charge in [0.05, 0.1) is 0 Å². The standard InChI is InChI=1S/C27H34F2O/c1-18(20-5-3-2-4-6-20)15-19-7-9-21(10-8-19)22-11-13-23(14-12-22)24-16-25(28)27(30)26(29)17-24/h2-6,16-19,21-23,30H,7-15H2,1H3/t18-,19?,21?,22?,23?/m0/s1. The van der Waals surface area contributed by atoms with Crippen molar-refractivity contribution in [3.8, 4) is 5.75 Å². The maximum atomic E-state index is 13.7. The van der Waals surface area contributed by atoms with Crippen molar-refractivity contribution in [2.45, 2.75) is 76.5 Å². The second kappa shape index (κ2) is 9.49. The Morgan fingerprint density at radius 1 is 0.833 bits per heavy atom. The first-order valence-corrected chi connectivity index (χ1v) is 11.7. The van der Waals surface area contributed by atoms with Gasteiger partial charge in [0.15, 0.2) is 17.4 Å². The Morgan fingerprint density at radius 2 is 1.37 bits per heavy atom. The lowest BCUT2D eigenvalue weighted by Gasteiger charge is -2.38. The summed E-state index contributed by atoms with van der Waals surface area (Å²) in [5, 5.41) is 9.33. The van der Waals surface area contributed by atoms with Gasteiger partial charge in [-0.1, -0.05) is 50.1 Å². The van der Waals surface area contributed by atoms with Crippen molar-refractivity contribution in [1.29, 1.82) is 0 Å². The second-order valence-corrected chi connectivity index (χ2v) is 9.77. The molecule has 0 heterocycles. The van der Waals surface area contributed by atoms with Gasteiger partial charge >= 0.3 is 0 Å². The number of rotatable bonds is 5. The quantitative estimate of drug-likeness (QED) is 0.528. The molecule has 2 aliphatic carbocycles. The Hall–Kier alpha value is -1.90. The highest BCUT2D eigenvalue weighted by atomic mass is 19.1. The fraction of sp³-hybridized carbons (Fsp3) is 0.556. The summed E-state index contributed by atoms with van der Waals surface area (Å²) in [5.74, 6) is 0.748. The molecule has 30 heavy (non-hydrogen) atoms. The fourth-order valence-corrected chi connectivity index (χ4v) is 6.06. The first kappa shape index (κ1) is 21.3. The van der Waals surface area contributed by atoms with Crippen LogP contribution in [0.5, 0.6) is 5.75 Å². The van der Waals surface area contributed by atoms with Gasteiger partial charge in [-0.15, -0.1) is 0 Å². The fourth-order valence-electron chi connectivity index (χ4n) is 6.06. The van der Waals surface area contributed by atoms with Gasteiger partial charge in [0.2, 0.25) is 0 Å². The van der Waals surface area contributed by atoms with Crippen LogP contribution < -0.4 is 0 Å². The summed E-state index contributed by atoms with van der Waals surface area (Å²) < 4.78 is 27.4. The molecule has 0 radical (unpaired) electrons. The molecular weight excluding hydrogens is 378 g/mol. The Bertz CT molecular complexity index is 795. The molecule has 2 aromatic rings. The SMILES string of the molecule is C[C@@H](CC1CCC(C2CCC(c3cc(F)c(O)c(F)c3)CC2)CC1)c1ccccc1. The molecule has 0 bridgehead atoms. The highest BCUT2D eigenvalue weighted by molar-refractivity contribution is 5.32. The predicted octanol–water partition coefficient (Wildman–Crippen LogP) is 7.94. The summed E-state index contributed by atoms with van der Waals surface area (Å²) in [6.07, 6.45) is 11.0. The zero-order chi connectivity index (χ0) is 21.1. The summed E-state index contributed by atoms with van der Waals surface area (Å²) in [6, 6.07) is 13.5. The van der Waals surface area contributed by atoms with Crippen LogP contribution in [0, 0.1) is 29.4 Å². The zero-order valence-electron chi connectivity index (χ0n) is 18.0. The van der Waals surface area contributed by atoms with E-state index in [1.807, 2.05) is 0 Å². The van der Waals surface area contributed by atoms with Crippen molar-refractivity contribution in [3.05, 3.63) is 65.2 Å². The van der Waals surface area contributed by atoms with Gasteiger partial charge in [0, 0.05) is 0 Å². The lowest BCUT2D eigenvalue weighted by Crippen LogP contribution is -2.26. The van der Waals surface area contributed by atoms with Crippen molar-refractivity contribution >= 4 is 0 Å². The summed E-state index contributed by atoms with van der Waals surface area (Å²) in [5.41, 5.74) is 2.17. The Kier molecular flexibility index (Phi) is 6.75. The third-order valence-electron chi connectivity index (χ3n) is 7.90. The normalized spacial score (nSPS) is 28.2. The Balaban J connectivity index is 1.25. The van der Waals surface area contributed by atoms with Crippen molar-refractivity contribution in [2.75, 3.05) is 0 Å². The average Bonchev–Trinajstić information content (AvgIpc) is 2.78. The Labute approximate surface area is 179 Å². The second-order valence-electron chi connectivity index (χ2n) is 9.77. The minimum Gasteiger partial charge on any atom is -0.503 e. The van der Waals surface area contributed by atoms with E-state index in [0.29, 0.717) is 11.5 Å². The highest BCUT2D eigenvalue weighted by Crippen LogP contribution is 2.45. The van der Waals surface area contributed by atoms with Crippen LogP contribution in [0.3, 0.4) is 0 Å². The number of aromatic hydroxyl groups is 1. The van der Waals surface area contributed by atoms with Gasteiger partial charge < -0.3 is 5.11 Å². The third kappa shape index (κ3) is 4.87. The van der Waals surface area contributed by atoms with E-state index < -0.39 is 17.4 Å². The molecule has 1 atom stereocenters. The van der Waals surface area contributed by atoms with Crippen LogP contribution in [0.4, 0.5) is 8.78 Å². The number of phenols is 1. The van der Waals surface area contributed by atoms with E-state index in [2.05, 4.69) is 37.3 Å². The monoisotopic (exact) mass is 412 g/mol. The van der Waals surface area contributed by atoms with E-state index in [9.17, 15) is 13.9 Å². The molecule has 1 nitrogen and oxygen atoms in total. The van der Waals surface area contributed by atoms with E-state index in [1.165, 1.54) is 49.8 Å². The lowest BCUT2D eigenvalue weighted by molar-refractivity contribution is 0.154. The summed E-state index contributed by atoms with van der Waals surface area (Å²) in [7, 11) is 0. The molecule has 1 N–H and O–H groups in total. The molecule has 2 saturated carbocycles. The molecule has 2 aromatic carbocycles. The van der Waals surface area contributed by atoms with Crippen LogP contribution in [0.2, 0.25) is 0 Å². The number of benzene rings is 2. The maximum absolute atomic E-state index is 13.7. The van der Waals surface area contributed by atoms with Gasteiger partial charge in [-0.25, -0.2) is 8.78 Å². The van der Waals surface area contributed by atoms with E-state index in [1.54, 1.807) is 0 Å². The molecule has 0 unspecified atom stereocenters. The molecule has 0 amide bonds. The maximum Gasteiger partial charge on any atom is 0.187 e. The van der Waals surface area contributed by atoms with Crippen LogP contribution >= 0.6 is 0 Å². The summed E-state index contributed by atoms with van der Waals surface area (Å²) in [6.45, 7) is 2.36. The summed E-state index contributed by atoms with van der Waals surface area (Å²) >= 11 is 0. The van der Waals surface area contributed by atoms with Crippen LogP contribution in [0.15, 0.2) is 42.5 Å². The topological polar surface area (TPSA) is 20.2 Å². The number of hydrogen-bond donors (Lipinski definition) is 1. The molecule has 0 saturated heterocycles. The molecular formula is C27H34F2O. The van der Waals surface area contributed by atoms with E-state index in [4.69, 9.17) is 0 Å². The molecule has 4 rings (SSSR count). The first-order chi connectivity index (χ1) is 14.5. The number of phenolic OH excluding ortho intramolecular Hbond substituents is 1. The first-order valence-electron chi connectivity index (χ1n) is 11.7. The third-order valence-corrected chi connectivity index (χ3v) is 7.90. The number of hydrogen-bond acceptors (Lipinski definition) is 1. The van der Waals surface area contributed by atoms with E-state index >= 15 is 0 Å². The van der Waals surface area contributed by atoms with Gasteiger partial charge in [-0.2, -0.15) is 0 Å². The van der Waals surface area contributed by atoms with Crippen LogP contribution in [0.25, 0.3) is 0 Å². The minimum absolute atomic E-state index is 0.217. The largest absolute Gasteiger partial charge is 0.503 e. The molecule has 0 spiro atoms. The molecule has 162 valence electrons. The van der Waals surface area contributed by atoms with Gasteiger partial charge in [-0.05, 0) is 97.8 Å². The van der Waals surface area contributed by atoms with Crippen molar-refractivity contribution in [3.63, 3.8) is 0 Å². The smallest absolute Gasteiger partial charge is 0.187 e. The van der Waals surface area contributed by atoms with Gasteiger partial charge in [0.1, 0.15) is 0 Å². The van der Waals surface area contributed by atoms with Gasteiger partial charge in [-0.3, -0.25) is 0 Å². The molecule has 0 aliphatic heterocycles. The van der Waals surface area contributed by atoms with Gasteiger partial charge in [0.25, 0.3) is 0 Å².